The smallest absolute Gasteiger partial charge is 0.109 e. The third-order valence-corrected chi connectivity index (χ3v) is 9.27. The summed E-state index contributed by atoms with van der Waals surface area (Å²) in [7, 11) is 1.48. The molecule has 4 aliphatic heterocycles. The largest absolute Gasteiger partial charge is 0.390 e. The zero-order chi connectivity index (χ0) is 32.7. The van der Waals surface area contributed by atoms with Crippen LogP contribution in [0.15, 0.2) is 0 Å². The zero-order valence-electron chi connectivity index (χ0n) is 25.9. The van der Waals surface area contributed by atoms with E-state index in [0.29, 0.717) is 6.61 Å². The normalized spacial score (nSPS) is 46.3. The van der Waals surface area contributed by atoms with Gasteiger partial charge in [0.05, 0.1) is 97.1 Å². The highest BCUT2D eigenvalue weighted by molar-refractivity contribution is 4.90. The first-order valence-electron chi connectivity index (χ1n) is 15.7. The summed E-state index contributed by atoms with van der Waals surface area (Å²) in [4.78, 5) is 0. The van der Waals surface area contributed by atoms with Crippen LogP contribution >= 0.6 is 0 Å². The van der Waals surface area contributed by atoms with Crippen LogP contribution in [0.25, 0.3) is 0 Å². The molecule has 4 saturated heterocycles. The van der Waals surface area contributed by atoms with E-state index in [0.717, 1.165) is 0 Å². The van der Waals surface area contributed by atoms with Crippen molar-refractivity contribution >= 4 is 0 Å². The lowest BCUT2D eigenvalue weighted by Gasteiger charge is -2.40. The van der Waals surface area contributed by atoms with Gasteiger partial charge in [-0.1, -0.05) is 6.92 Å². The van der Waals surface area contributed by atoms with Crippen molar-refractivity contribution in [2.24, 2.45) is 23.7 Å². The number of aliphatic hydroxyl groups excluding tert-OH is 8. The number of hydrogen-bond donors (Lipinski definition) is 8. The van der Waals surface area contributed by atoms with E-state index in [2.05, 4.69) is 0 Å². The Morgan fingerprint density at radius 1 is 0.422 bits per heavy atom. The van der Waals surface area contributed by atoms with Gasteiger partial charge in [-0.05, 0) is 0 Å². The number of rotatable bonds is 14. The Kier molecular flexibility index (Phi) is 14.6. The van der Waals surface area contributed by atoms with Crippen molar-refractivity contribution in [1.82, 2.24) is 0 Å². The quantitative estimate of drug-likeness (QED) is 0.0882. The number of ether oxygens (including phenoxy) is 8. The summed E-state index contributed by atoms with van der Waals surface area (Å²) in [6.45, 7) is 2.55. The summed E-state index contributed by atoms with van der Waals surface area (Å²) in [6, 6.07) is 0. The zero-order valence-corrected chi connectivity index (χ0v) is 25.9. The topological polar surface area (TPSA) is 236 Å². The Morgan fingerprint density at radius 2 is 0.733 bits per heavy atom. The molecule has 16 atom stereocenters. The van der Waals surface area contributed by atoms with E-state index in [4.69, 9.17) is 37.9 Å². The van der Waals surface area contributed by atoms with Gasteiger partial charge >= 0.3 is 0 Å². The maximum atomic E-state index is 10.7. The molecular formula is C29H52O16. The van der Waals surface area contributed by atoms with Gasteiger partial charge in [0.15, 0.2) is 0 Å². The summed E-state index contributed by atoms with van der Waals surface area (Å²) in [5.74, 6) is -1.77. The summed E-state index contributed by atoms with van der Waals surface area (Å²) >= 11 is 0. The molecule has 45 heavy (non-hydrogen) atoms. The molecule has 264 valence electrons. The Balaban J connectivity index is 1.10. The Bertz CT molecular complexity index is 855. The number of hydrogen-bond acceptors (Lipinski definition) is 16. The molecule has 0 aromatic heterocycles. The molecule has 0 amide bonds. The molecule has 0 aromatic carbocycles. The van der Waals surface area contributed by atoms with Crippen LogP contribution in [-0.2, 0) is 37.9 Å². The van der Waals surface area contributed by atoms with E-state index in [-0.39, 0.29) is 72.0 Å². The van der Waals surface area contributed by atoms with Gasteiger partial charge in [0.25, 0.3) is 0 Å². The molecule has 0 aliphatic carbocycles. The van der Waals surface area contributed by atoms with Gasteiger partial charge in [-0.25, -0.2) is 0 Å². The van der Waals surface area contributed by atoms with E-state index in [1.54, 1.807) is 6.92 Å². The Labute approximate surface area is 262 Å². The third kappa shape index (κ3) is 9.50. The molecule has 16 nitrogen and oxygen atoms in total. The minimum absolute atomic E-state index is 0.00133. The lowest BCUT2D eigenvalue weighted by molar-refractivity contribution is -0.213. The van der Waals surface area contributed by atoms with E-state index < -0.39 is 91.0 Å². The monoisotopic (exact) mass is 656 g/mol. The fourth-order valence-electron chi connectivity index (χ4n) is 6.06. The molecule has 0 radical (unpaired) electrons. The highest BCUT2D eigenvalue weighted by Gasteiger charge is 2.43. The van der Waals surface area contributed by atoms with Crippen molar-refractivity contribution < 1.29 is 78.7 Å². The summed E-state index contributed by atoms with van der Waals surface area (Å²) < 4.78 is 44.4. The molecule has 6 unspecified atom stereocenters. The lowest BCUT2D eigenvalue weighted by atomic mass is 9.92. The van der Waals surface area contributed by atoms with Crippen molar-refractivity contribution in [3.05, 3.63) is 0 Å². The fraction of sp³-hybridized carbons (Fsp3) is 1.00. The predicted octanol–water partition coefficient (Wildman–Crippen LogP) is -4.35. The average molecular weight is 657 g/mol. The lowest BCUT2D eigenvalue weighted by Crippen LogP contribution is -2.55. The highest BCUT2D eigenvalue weighted by Crippen LogP contribution is 2.26. The van der Waals surface area contributed by atoms with Crippen LogP contribution in [0.2, 0.25) is 0 Å². The van der Waals surface area contributed by atoms with Crippen LogP contribution in [0, 0.1) is 23.7 Å². The van der Waals surface area contributed by atoms with Crippen LogP contribution in [0.5, 0.6) is 0 Å². The van der Waals surface area contributed by atoms with Gasteiger partial charge in [0, 0.05) is 30.8 Å². The first-order valence-corrected chi connectivity index (χ1v) is 15.7. The van der Waals surface area contributed by atoms with Crippen molar-refractivity contribution in [3.63, 3.8) is 0 Å². The molecule has 4 heterocycles. The third-order valence-electron chi connectivity index (χ3n) is 9.27. The van der Waals surface area contributed by atoms with Gasteiger partial charge in [0.1, 0.15) is 48.8 Å². The summed E-state index contributed by atoms with van der Waals surface area (Å²) in [5, 5.41) is 83.2. The molecule has 4 aliphatic rings. The van der Waals surface area contributed by atoms with E-state index in [1.807, 2.05) is 0 Å². The maximum absolute atomic E-state index is 10.7. The van der Waals surface area contributed by atoms with Crippen molar-refractivity contribution in [1.29, 1.82) is 0 Å². The minimum atomic E-state index is -1.26. The van der Waals surface area contributed by atoms with Crippen LogP contribution in [-0.4, -0.2) is 194 Å². The maximum Gasteiger partial charge on any atom is 0.109 e. The second kappa shape index (κ2) is 17.7. The van der Waals surface area contributed by atoms with Crippen LogP contribution in [0.3, 0.4) is 0 Å². The van der Waals surface area contributed by atoms with Gasteiger partial charge < -0.3 is 78.7 Å². The van der Waals surface area contributed by atoms with E-state index in [9.17, 15) is 40.9 Å². The van der Waals surface area contributed by atoms with Crippen molar-refractivity contribution in [2.75, 3.05) is 79.8 Å². The Hall–Kier alpha value is -0.640. The molecule has 4 fully saturated rings. The second-order valence-electron chi connectivity index (χ2n) is 12.7. The first-order chi connectivity index (χ1) is 21.5. The van der Waals surface area contributed by atoms with Gasteiger partial charge in [-0.2, -0.15) is 0 Å². The van der Waals surface area contributed by atoms with Gasteiger partial charge in [-0.3, -0.25) is 0 Å². The molecule has 0 aromatic rings. The highest BCUT2D eigenvalue weighted by atomic mass is 16.6. The molecule has 16 heteroatoms. The van der Waals surface area contributed by atoms with E-state index in [1.165, 1.54) is 7.11 Å². The standard InChI is InChI=1S/C29H52O16/c1-14-3-42-19(26(34)22(14)30)11-39-5-16-8-44-21(28(36)24(16)32)13-41-6-17-9-45-20(29(37)25(17)33)12-40-4-15-7-43-18(10-38-2)27(35)23(15)31/h14-37H,3-13H2,1-2H3/t14-,15+,16+,17+,18-,19-,20-,21-,22+,23?,24?,25+,26?,27?,28?,29?/m0/s1. The summed E-state index contributed by atoms with van der Waals surface area (Å²) in [6.07, 6.45) is -12.0. The predicted molar refractivity (Wildman–Crippen MR) is 151 cm³/mol. The van der Waals surface area contributed by atoms with Crippen LogP contribution in [0.4, 0.5) is 0 Å². The molecule has 8 N–H and O–H groups in total. The van der Waals surface area contributed by atoms with Gasteiger partial charge in [-0.15, -0.1) is 0 Å². The summed E-state index contributed by atoms with van der Waals surface area (Å²) in [5.41, 5.74) is 0. The van der Waals surface area contributed by atoms with Crippen molar-refractivity contribution in [2.45, 2.75) is 80.2 Å². The van der Waals surface area contributed by atoms with Crippen LogP contribution in [0.1, 0.15) is 6.92 Å². The average Bonchev–Trinajstić information content (AvgIpc) is 3.02. The SMILES string of the molecule is COC[C@@H]1OC[C@@H](COC[C@@H]2OC[C@@H](COC[C@@H]3OC[C@@H](COC[C@@H]4OC[C@H](C)[C@@H](O)C4O)C(O)C3O)[C@@H](O)C2O)C(O)C1O. The van der Waals surface area contributed by atoms with Gasteiger partial charge in [0.2, 0.25) is 0 Å². The van der Waals surface area contributed by atoms with Crippen molar-refractivity contribution in [3.8, 4) is 0 Å². The molecule has 0 bridgehead atoms. The molecular weight excluding hydrogens is 604 g/mol. The van der Waals surface area contributed by atoms with E-state index >= 15 is 0 Å². The fourth-order valence-corrected chi connectivity index (χ4v) is 6.06. The molecule has 0 spiro atoms. The molecule has 4 rings (SSSR count). The molecule has 0 saturated carbocycles. The second-order valence-corrected chi connectivity index (χ2v) is 12.7. The number of aliphatic hydroxyl groups is 8. The Morgan fingerprint density at radius 3 is 1.09 bits per heavy atom. The number of methoxy groups -OCH3 is 1. The minimum Gasteiger partial charge on any atom is -0.390 e. The van der Waals surface area contributed by atoms with Crippen LogP contribution < -0.4 is 0 Å². The first kappa shape index (κ1) is 37.2.